The van der Waals surface area contributed by atoms with Gasteiger partial charge in [-0.1, -0.05) is 51.4 Å². The highest BCUT2D eigenvalue weighted by molar-refractivity contribution is 5.68. The number of carbonyl (C=O) groups excluding carboxylic acids is 1. The third-order valence-corrected chi connectivity index (χ3v) is 3.84. The van der Waals surface area contributed by atoms with Gasteiger partial charge in [0.2, 0.25) is 0 Å². The van der Waals surface area contributed by atoms with Gasteiger partial charge in [-0.2, -0.15) is 0 Å². The molecule has 0 aromatic rings. The van der Waals surface area contributed by atoms with Gasteiger partial charge in [0.1, 0.15) is 0 Å². The van der Waals surface area contributed by atoms with E-state index >= 15 is 0 Å². The van der Waals surface area contributed by atoms with Crippen molar-refractivity contribution in [2.45, 2.75) is 89.6 Å². The second kappa shape index (κ2) is 15.8. The second-order valence-corrected chi connectivity index (χ2v) is 5.82. The minimum absolute atomic E-state index is 0.131. The van der Waals surface area contributed by atoms with E-state index in [-0.39, 0.29) is 12.1 Å². The average Bonchev–Trinajstić information content (AvgIpc) is 2.49. The number of hydrogen-bond acceptors (Lipinski definition) is 4. The van der Waals surface area contributed by atoms with Gasteiger partial charge in [0.25, 0.3) is 0 Å². The van der Waals surface area contributed by atoms with E-state index in [1.165, 1.54) is 26.4 Å². The van der Waals surface area contributed by atoms with Gasteiger partial charge >= 0.3 is 5.97 Å². The van der Waals surface area contributed by atoms with Crippen molar-refractivity contribution in [2.24, 2.45) is 0 Å². The largest absolute Gasteiger partial charge is 0.469 e. The molecule has 0 unspecified atom stereocenters. The summed E-state index contributed by atoms with van der Waals surface area (Å²) in [5, 5.41) is 18.5. The van der Waals surface area contributed by atoms with E-state index in [4.69, 9.17) is 5.11 Å². The van der Waals surface area contributed by atoms with Crippen LogP contribution >= 0.6 is 0 Å². The first-order valence-corrected chi connectivity index (χ1v) is 8.56. The number of ether oxygens (including phenoxy) is 1. The van der Waals surface area contributed by atoms with Gasteiger partial charge in [-0.15, -0.1) is 0 Å². The van der Waals surface area contributed by atoms with Crippen molar-refractivity contribution in [1.29, 1.82) is 0 Å². The van der Waals surface area contributed by atoms with E-state index < -0.39 is 0 Å². The summed E-state index contributed by atoms with van der Waals surface area (Å²) in [7, 11) is 1.42. The Labute approximate surface area is 129 Å². The van der Waals surface area contributed by atoms with Crippen molar-refractivity contribution < 1.29 is 19.7 Å². The number of unbranched alkanes of at least 4 members (excludes halogenated alkanes) is 8. The van der Waals surface area contributed by atoms with Gasteiger partial charge in [-0.05, 0) is 25.7 Å². The summed E-state index contributed by atoms with van der Waals surface area (Å²) in [5.41, 5.74) is 0. The van der Waals surface area contributed by atoms with Crippen LogP contribution in [0.3, 0.4) is 0 Å². The summed E-state index contributed by atoms with van der Waals surface area (Å²) in [6.07, 6.45) is 12.9. The molecule has 0 saturated heterocycles. The van der Waals surface area contributed by atoms with E-state index in [0.29, 0.717) is 13.0 Å². The molecule has 0 bridgehead atoms. The lowest BCUT2D eigenvalue weighted by molar-refractivity contribution is -0.140. The normalized spacial score (nSPS) is 12.3. The standard InChI is InChI=1S/C17H34O4/c1-21-17(20)14-10-6-5-9-13-16(19)12-8-4-2-3-7-11-15-18/h16,18-19H,2-15H2,1H3/t16-/m1/s1. The molecule has 0 fully saturated rings. The van der Waals surface area contributed by atoms with Crippen LogP contribution < -0.4 is 0 Å². The topological polar surface area (TPSA) is 66.8 Å². The van der Waals surface area contributed by atoms with Crippen LogP contribution in [0.1, 0.15) is 83.5 Å². The Morgan fingerprint density at radius 3 is 1.86 bits per heavy atom. The summed E-state index contributed by atoms with van der Waals surface area (Å²) in [6, 6.07) is 0. The molecule has 0 radical (unpaired) electrons. The van der Waals surface area contributed by atoms with Crippen LogP contribution in [-0.4, -0.2) is 36.0 Å². The zero-order valence-corrected chi connectivity index (χ0v) is 13.7. The van der Waals surface area contributed by atoms with Crippen molar-refractivity contribution in [3.63, 3.8) is 0 Å². The van der Waals surface area contributed by atoms with Crippen molar-refractivity contribution in [3.05, 3.63) is 0 Å². The Morgan fingerprint density at radius 1 is 0.857 bits per heavy atom. The van der Waals surface area contributed by atoms with Gasteiger partial charge in [-0.25, -0.2) is 0 Å². The average molecular weight is 302 g/mol. The van der Waals surface area contributed by atoms with Gasteiger partial charge in [0.05, 0.1) is 13.2 Å². The summed E-state index contributed by atoms with van der Waals surface area (Å²) in [5.74, 6) is -0.131. The Balaban J connectivity index is 3.19. The smallest absolute Gasteiger partial charge is 0.305 e. The maximum atomic E-state index is 10.9. The SMILES string of the molecule is COC(=O)CCCCCC[C@H](O)CCCCCCCCO. The highest BCUT2D eigenvalue weighted by Gasteiger charge is 2.04. The third kappa shape index (κ3) is 15.6. The summed E-state index contributed by atoms with van der Waals surface area (Å²) >= 11 is 0. The quantitative estimate of drug-likeness (QED) is 0.358. The zero-order chi connectivity index (χ0) is 15.8. The van der Waals surface area contributed by atoms with Crippen LogP contribution in [0.25, 0.3) is 0 Å². The lowest BCUT2D eigenvalue weighted by Gasteiger charge is -2.10. The van der Waals surface area contributed by atoms with Crippen LogP contribution in [0.2, 0.25) is 0 Å². The monoisotopic (exact) mass is 302 g/mol. The molecule has 0 saturated carbocycles. The second-order valence-electron chi connectivity index (χ2n) is 5.82. The van der Waals surface area contributed by atoms with E-state index in [2.05, 4.69) is 4.74 Å². The molecule has 0 aliphatic rings. The lowest BCUT2D eigenvalue weighted by atomic mass is 10.0. The minimum Gasteiger partial charge on any atom is -0.469 e. The van der Waals surface area contributed by atoms with Crippen LogP contribution in [-0.2, 0) is 9.53 Å². The number of aliphatic hydroxyl groups is 2. The van der Waals surface area contributed by atoms with Crippen LogP contribution in [0.5, 0.6) is 0 Å². The van der Waals surface area contributed by atoms with Crippen LogP contribution in [0, 0.1) is 0 Å². The van der Waals surface area contributed by atoms with Gasteiger partial charge in [0.15, 0.2) is 0 Å². The summed E-state index contributed by atoms with van der Waals surface area (Å²) in [4.78, 5) is 10.9. The summed E-state index contributed by atoms with van der Waals surface area (Å²) in [6.45, 7) is 0.304. The molecule has 0 spiro atoms. The predicted molar refractivity (Wildman–Crippen MR) is 85.1 cm³/mol. The van der Waals surface area contributed by atoms with Crippen molar-refractivity contribution in [1.82, 2.24) is 0 Å². The zero-order valence-electron chi connectivity index (χ0n) is 13.7. The molecule has 4 heteroatoms. The number of hydrogen-bond donors (Lipinski definition) is 2. The minimum atomic E-state index is -0.164. The number of aliphatic hydroxyl groups excluding tert-OH is 2. The first-order chi connectivity index (χ1) is 10.2. The molecule has 0 aromatic carbocycles. The Morgan fingerprint density at radius 2 is 1.33 bits per heavy atom. The molecule has 1 atom stereocenters. The summed E-state index contributed by atoms with van der Waals surface area (Å²) < 4.78 is 4.59. The third-order valence-electron chi connectivity index (χ3n) is 3.84. The molecule has 0 aromatic heterocycles. The van der Waals surface area contributed by atoms with Crippen molar-refractivity contribution in [3.8, 4) is 0 Å². The van der Waals surface area contributed by atoms with Crippen molar-refractivity contribution >= 4 is 5.97 Å². The maximum absolute atomic E-state index is 10.9. The highest BCUT2D eigenvalue weighted by Crippen LogP contribution is 2.13. The molecule has 0 aliphatic carbocycles. The Kier molecular flexibility index (Phi) is 15.3. The fraction of sp³-hybridized carbons (Fsp3) is 0.941. The van der Waals surface area contributed by atoms with E-state index in [1.54, 1.807) is 0 Å². The van der Waals surface area contributed by atoms with E-state index in [9.17, 15) is 9.90 Å². The van der Waals surface area contributed by atoms with Crippen molar-refractivity contribution in [2.75, 3.05) is 13.7 Å². The molecule has 2 N–H and O–H groups in total. The maximum Gasteiger partial charge on any atom is 0.305 e. The first kappa shape index (κ1) is 20.4. The molecule has 0 amide bonds. The molecule has 0 heterocycles. The number of carbonyl (C=O) groups is 1. The van der Waals surface area contributed by atoms with Gasteiger partial charge in [0, 0.05) is 13.0 Å². The molecule has 0 rings (SSSR count). The number of esters is 1. The number of methoxy groups -OCH3 is 1. The van der Waals surface area contributed by atoms with Gasteiger partial charge in [-0.3, -0.25) is 4.79 Å². The first-order valence-electron chi connectivity index (χ1n) is 8.56. The number of rotatable bonds is 15. The fourth-order valence-electron chi connectivity index (χ4n) is 2.45. The molecule has 0 aliphatic heterocycles. The Hall–Kier alpha value is -0.610. The van der Waals surface area contributed by atoms with Crippen LogP contribution in [0.4, 0.5) is 0 Å². The lowest BCUT2D eigenvalue weighted by Crippen LogP contribution is -2.06. The van der Waals surface area contributed by atoms with Crippen LogP contribution in [0.15, 0.2) is 0 Å². The highest BCUT2D eigenvalue weighted by atomic mass is 16.5. The molecule has 4 nitrogen and oxygen atoms in total. The molecule has 126 valence electrons. The fourth-order valence-corrected chi connectivity index (χ4v) is 2.45. The molecular formula is C17H34O4. The molecular weight excluding hydrogens is 268 g/mol. The van der Waals surface area contributed by atoms with Gasteiger partial charge < -0.3 is 14.9 Å². The van der Waals surface area contributed by atoms with E-state index in [1.807, 2.05) is 0 Å². The Bertz CT molecular complexity index is 231. The van der Waals surface area contributed by atoms with E-state index in [0.717, 1.165) is 57.8 Å². The molecule has 21 heavy (non-hydrogen) atoms. The predicted octanol–water partition coefficient (Wildman–Crippen LogP) is 3.58.